The SMILES string of the molecule is COc1cccc2c1C(=O)c1c(O)c3c(c(O)c1C2=O)C[C@@](O)(C(=O)CO)C[C@@H]3O[C@H]1C[C@H](NC(=O)CCCC(N)=O)[C@H](O)[C@H](C)O1. The van der Waals surface area contributed by atoms with Gasteiger partial charge in [-0.25, -0.2) is 0 Å². The van der Waals surface area contributed by atoms with Gasteiger partial charge in [-0.2, -0.15) is 0 Å². The molecular weight excluding hydrogens is 620 g/mol. The summed E-state index contributed by atoms with van der Waals surface area (Å²) < 4.78 is 17.3. The van der Waals surface area contributed by atoms with E-state index in [0.29, 0.717) is 0 Å². The first-order valence-corrected chi connectivity index (χ1v) is 15.0. The first-order valence-electron chi connectivity index (χ1n) is 15.0. The van der Waals surface area contributed by atoms with E-state index in [1.807, 2.05) is 0 Å². The van der Waals surface area contributed by atoms with Gasteiger partial charge in [0.15, 0.2) is 17.9 Å². The Balaban J connectivity index is 1.54. The van der Waals surface area contributed by atoms with E-state index in [0.717, 1.165) is 0 Å². The summed E-state index contributed by atoms with van der Waals surface area (Å²) in [7, 11) is 1.30. The van der Waals surface area contributed by atoms with Crippen LogP contribution in [0.3, 0.4) is 0 Å². The molecule has 252 valence electrons. The summed E-state index contributed by atoms with van der Waals surface area (Å²) >= 11 is 0. The smallest absolute Gasteiger partial charge is 0.220 e. The van der Waals surface area contributed by atoms with Crippen molar-refractivity contribution >= 4 is 29.2 Å². The Bertz CT molecular complexity index is 1660. The number of primary amides is 1. The summed E-state index contributed by atoms with van der Waals surface area (Å²) in [6.45, 7) is 0.440. The first kappa shape index (κ1) is 33.9. The largest absolute Gasteiger partial charge is 0.507 e. The summed E-state index contributed by atoms with van der Waals surface area (Å²) in [5.74, 6) is -5.12. The number of amides is 2. The maximum Gasteiger partial charge on any atom is 0.220 e. The Morgan fingerprint density at radius 1 is 1.09 bits per heavy atom. The number of phenols is 2. The second kappa shape index (κ2) is 13.0. The third-order valence-corrected chi connectivity index (χ3v) is 8.93. The minimum absolute atomic E-state index is 0.00500. The van der Waals surface area contributed by atoms with Gasteiger partial charge < -0.3 is 50.8 Å². The van der Waals surface area contributed by atoms with Crippen LogP contribution in [0.4, 0.5) is 0 Å². The molecule has 1 fully saturated rings. The van der Waals surface area contributed by atoms with Gasteiger partial charge in [0.25, 0.3) is 0 Å². The summed E-state index contributed by atoms with van der Waals surface area (Å²) in [6.07, 6.45) is -5.97. The fourth-order valence-electron chi connectivity index (χ4n) is 6.56. The van der Waals surface area contributed by atoms with E-state index in [9.17, 15) is 49.5 Å². The molecular formula is C32H36N2O13. The molecule has 2 aromatic carbocycles. The number of carbonyl (C=O) groups is 5. The van der Waals surface area contributed by atoms with E-state index in [1.54, 1.807) is 0 Å². The number of rotatable bonds is 10. The van der Waals surface area contributed by atoms with Gasteiger partial charge in [0.05, 0.1) is 42.0 Å². The van der Waals surface area contributed by atoms with Crippen LogP contribution in [0, 0.1) is 0 Å². The fourth-order valence-corrected chi connectivity index (χ4v) is 6.56. The average Bonchev–Trinajstić information content (AvgIpc) is 3.02. The van der Waals surface area contributed by atoms with Crippen molar-refractivity contribution in [1.82, 2.24) is 5.32 Å². The van der Waals surface area contributed by atoms with Gasteiger partial charge in [0.1, 0.15) is 35.6 Å². The Morgan fingerprint density at radius 3 is 2.45 bits per heavy atom. The maximum absolute atomic E-state index is 13.8. The van der Waals surface area contributed by atoms with Crippen LogP contribution < -0.4 is 15.8 Å². The predicted molar refractivity (Wildman–Crippen MR) is 159 cm³/mol. The van der Waals surface area contributed by atoms with Crippen LogP contribution >= 0.6 is 0 Å². The number of carbonyl (C=O) groups excluding carboxylic acids is 5. The monoisotopic (exact) mass is 656 g/mol. The lowest BCUT2D eigenvalue weighted by Crippen LogP contribution is -2.55. The Kier molecular flexibility index (Phi) is 9.39. The molecule has 1 saturated heterocycles. The van der Waals surface area contributed by atoms with Crippen molar-refractivity contribution in [2.75, 3.05) is 13.7 Å². The van der Waals surface area contributed by atoms with Crippen molar-refractivity contribution in [3.8, 4) is 17.2 Å². The van der Waals surface area contributed by atoms with Crippen LogP contribution in [0.1, 0.15) is 88.1 Å². The van der Waals surface area contributed by atoms with Crippen molar-refractivity contribution in [2.45, 2.75) is 81.7 Å². The van der Waals surface area contributed by atoms with E-state index in [1.165, 1.54) is 32.2 Å². The number of nitrogens with one attached hydrogen (secondary N) is 1. The molecule has 2 aromatic rings. The molecule has 0 saturated carbocycles. The number of ketones is 3. The molecule has 0 bridgehead atoms. The van der Waals surface area contributed by atoms with Crippen LogP contribution in [0.5, 0.6) is 17.2 Å². The van der Waals surface area contributed by atoms with Gasteiger partial charge in [-0.05, 0) is 19.4 Å². The Morgan fingerprint density at radius 2 is 1.79 bits per heavy atom. The zero-order valence-electron chi connectivity index (χ0n) is 25.6. The molecule has 6 atom stereocenters. The number of ether oxygens (including phenoxy) is 3. The number of aliphatic hydroxyl groups excluding tert-OH is 2. The van der Waals surface area contributed by atoms with E-state index < -0.39 is 107 Å². The quantitative estimate of drug-likeness (QED) is 0.140. The Labute approximate surface area is 268 Å². The predicted octanol–water partition coefficient (Wildman–Crippen LogP) is -0.186. The highest BCUT2D eigenvalue weighted by molar-refractivity contribution is 6.31. The highest BCUT2D eigenvalue weighted by Gasteiger charge is 2.50. The van der Waals surface area contributed by atoms with Crippen molar-refractivity contribution in [2.24, 2.45) is 5.73 Å². The van der Waals surface area contributed by atoms with Crippen molar-refractivity contribution in [3.63, 3.8) is 0 Å². The molecule has 0 unspecified atom stereocenters. The van der Waals surface area contributed by atoms with Crippen LogP contribution in [-0.4, -0.2) is 98.6 Å². The lowest BCUT2D eigenvalue weighted by Gasteiger charge is -2.43. The van der Waals surface area contributed by atoms with E-state index in [2.05, 4.69) is 5.32 Å². The topological polar surface area (TPSA) is 252 Å². The van der Waals surface area contributed by atoms with Crippen LogP contribution in [0.2, 0.25) is 0 Å². The lowest BCUT2D eigenvalue weighted by molar-refractivity contribution is -0.249. The molecule has 47 heavy (non-hydrogen) atoms. The minimum Gasteiger partial charge on any atom is -0.507 e. The van der Waals surface area contributed by atoms with E-state index in [4.69, 9.17) is 19.9 Å². The van der Waals surface area contributed by atoms with Gasteiger partial charge in [-0.15, -0.1) is 0 Å². The second-order valence-corrected chi connectivity index (χ2v) is 12.0. The highest BCUT2D eigenvalue weighted by atomic mass is 16.7. The normalized spacial score (nSPS) is 26.5. The van der Waals surface area contributed by atoms with Gasteiger partial charge in [0.2, 0.25) is 17.6 Å². The number of aliphatic hydroxyl groups is 3. The molecule has 1 heterocycles. The minimum atomic E-state index is -2.33. The molecule has 3 aliphatic rings. The van der Waals surface area contributed by atoms with Gasteiger partial charge >= 0.3 is 0 Å². The number of fused-ring (bicyclic) bond motifs is 3. The zero-order valence-corrected chi connectivity index (χ0v) is 25.6. The highest BCUT2D eigenvalue weighted by Crippen LogP contribution is 2.52. The third kappa shape index (κ3) is 6.07. The molecule has 5 rings (SSSR count). The summed E-state index contributed by atoms with van der Waals surface area (Å²) in [4.78, 5) is 63.8. The van der Waals surface area contributed by atoms with Crippen LogP contribution in [0.25, 0.3) is 0 Å². The summed E-state index contributed by atoms with van der Waals surface area (Å²) in [6, 6.07) is 3.39. The first-order chi connectivity index (χ1) is 22.2. The fraction of sp³-hybridized carbons (Fsp3) is 0.469. The van der Waals surface area contributed by atoms with Crippen molar-refractivity contribution in [3.05, 3.63) is 51.6 Å². The number of hydrogen-bond donors (Lipinski definition) is 7. The number of benzene rings is 2. The zero-order chi connectivity index (χ0) is 34.4. The molecule has 15 nitrogen and oxygen atoms in total. The molecule has 2 aliphatic carbocycles. The standard InChI is InChI=1S/C32H36N2O13/c1-13-27(39)16(34-21(38)8-4-7-20(33)37)9-22(46-13)47-18-11-32(44,19(36)12-35)10-15-24(18)31(43)26-25(29(15)41)28(40)14-5-3-6-17(45-2)23(14)30(26)42/h3,5-6,13,16,18,22,27,35,39,41,43-44H,4,7-12H2,1-2H3,(H2,33,37)(H,34,38)/t13-,16-,18-,22-,27+,32-/m0/s1. The molecule has 0 aromatic heterocycles. The van der Waals surface area contributed by atoms with Gasteiger partial charge in [0, 0.05) is 48.8 Å². The number of methoxy groups -OCH3 is 1. The molecule has 15 heteroatoms. The molecule has 0 spiro atoms. The number of Topliss-reactive ketones (excluding diaryl/α,β-unsaturated/α-hetero) is 1. The van der Waals surface area contributed by atoms with Crippen molar-refractivity contribution in [1.29, 1.82) is 0 Å². The Hall–Kier alpha value is -4.41. The molecule has 2 amide bonds. The summed E-state index contributed by atoms with van der Waals surface area (Å²) in [5, 5.41) is 57.6. The lowest BCUT2D eigenvalue weighted by atomic mass is 9.72. The van der Waals surface area contributed by atoms with Gasteiger partial charge in [-0.1, -0.05) is 12.1 Å². The van der Waals surface area contributed by atoms with Crippen LogP contribution in [-0.2, 0) is 30.3 Å². The van der Waals surface area contributed by atoms with E-state index >= 15 is 0 Å². The third-order valence-electron chi connectivity index (χ3n) is 8.93. The number of aromatic hydroxyl groups is 2. The number of nitrogens with two attached hydrogens (primary N) is 1. The molecule has 1 aliphatic heterocycles. The van der Waals surface area contributed by atoms with Crippen LogP contribution in [0.15, 0.2) is 18.2 Å². The van der Waals surface area contributed by atoms with Crippen molar-refractivity contribution < 1.29 is 63.7 Å². The average molecular weight is 657 g/mol. The second-order valence-electron chi connectivity index (χ2n) is 12.0. The number of phenolic OH excluding ortho intramolecular Hbond substituents is 2. The molecule has 0 radical (unpaired) electrons. The summed E-state index contributed by atoms with van der Waals surface area (Å²) in [5.41, 5.74) is 1.08. The van der Waals surface area contributed by atoms with E-state index in [-0.39, 0.29) is 53.7 Å². The van der Waals surface area contributed by atoms with Gasteiger partial charge in [-0.3, -0.25) is 24.0 Å². The molecule has 8 N–H and O–H groups in total. The number of hydrogen-bond acceptors (Lipinski definition) is 13. The maximum atomic E-state index is 13.8.